The van der Waals surface area contributed by atoms with Crippen LogP contribution in [0.5, 0.6) is 0 Å². The molecular formula is C25H19N. The highest BCUT2D eigenvalue weighted by Crippen LogP contribution is 2.37. The molecule has 0 fully saturated rings. The molecule has 0 unspecified atom stereocenters. The summed E-state index contributed by atoms with van der Waals surface area (Å²) in [5, 5.41) is 2.65. The minimum absolute atomic E-state index is 1.20. The van der Waals surface area contributed by atoms with Crippen molar-refractivity contribution in [3.05, 3.63) is 103 Å². The average Bonchev–Trinajstić information content (AvgIpc) is 3.05. The molecule has 0 saturated carbocycles. The normalized spacial score (nSPS) is 11.3. The number of rotatable bonds is 2. The summed E-state index contributed by atoms with van der Waals surface area (Å²) < 4.78 is 2.37. The zero-order chi connectivity index (χ0) is 17.5. The zero-order valence-corrected chi connectivity index (χ0v) is 14.7. The fraction of sp³-hybridized carbons (Fsp3) is 0.0400. The van der Waals surface area contributed by atoms with Crippen LogP contribution in [0.4, 0.5) is 0 Å². The van der Waals surface area contributed by atoms with Gasteiger partial charge in [-0.25, -0.2) is 0 Å². The second-order valence-electron chi connectivity index (χ2n) is 6.69. The monoisotopic (exact) mass is 333 g/mol. The molecule has 1 heterocycles. The van der Waals surface area contributed by atoms with Crippen LogP contribution in [0.25, 0.3) is 38.6 Å². The van der Waals surface area contributed by atoms with Gasteiger partial charge in [-0.2, -0.15) is 0 Å². The van der Waals surface area contributed by atoms with Crippen molar-refractivity contribution in [2.75, 3.05) is 0 Å². The van der Waals surface area contributed by atoms with Crippen LogP contribution in [-0.4, -0.2) is 4.57 Å². The number of hydrogen-bond acceptors (Lipinski definition) is 0. The van der Waals surface area contributed by atoms with Crippen LogP contribution in [0.2, 0.25) is 0 Å². The van der Waals surface area contributed by atoms with Crippen molar-refractivity contribution < 1.29 is 0 Å². The first kappa shape index (κ1) is 15.0. The van der Waals surface area contributed by atoms with Crippen molar-refractivity contribution in [1.29, 1.82) is 0 Å². The Morgan fingerprint density at radius 1 is 0.577 bits per heavy atom. The highest BCUT2D eigenvalue weighted by atomic mass is 15.0. The number of para-hydroxylation sites is 2. The average molecular weight is 333 g/mol. The van der Waals surface area contributed by atoms with Gasteiger partial charge in [-0.15, -0.1) is 0 Å². The predicted octanol–water partition coefficient (Wildman–Crippen LogP) is 6.76. The maximum absolute atomic E-state index is 2.37. The Morgan fingerprint density at radius 2 is 1.23 bits per heavy atom. The summed E-state index contributed by atoms with van der Waals surface area (Å²) in [6, 6.07) is 34.5. The lowest BCUT2D eigenvalue weighted by Crippen LogP contribution is -1.93. The highest BCUT2D eigenvalue weighted by molar-refractivity contribution is 6.12. The number of nitrogens with zero attached hydrogens (tertiary/aromatic N) is 1. The Labute approximate surface area is 153 Å². The van der Waals surface area contributed by atoms with E-state index in [-0.39, 0.29) is 0 Å². The molecule has 0 N–H and O–H groups in total. The lowest BCUT2D eigenvalue weighted by atomic mass is 9.96. The Bertz CT molecular complexity index is 1210. The molecule has 5 aromatic rings. The minimum Gasteiger partial charge on any atom is -0.309 e. The molecule has 0 atom stereocenters. The van der Waals surface area contributed by atoms with E-state index in [2.05, 4.69) is 109 Å². The summed E-state index contributed by atoms with van der Waals surface area (Å²) in [5.41, 5.74) is 7.61. The van der Waals surface area contributed by atoms with Gasteiger partial charge >= 0.3 is 0 Å². The Balaban J connectivity index is 1.91. The van der Waals surface area contributed by atoms with Crippen molar-refractivity contribution in [2.45, 2.75) is 6.92 Å². The van der Waals surface area contributed by atoms with E-state index >= 15 is 0 Å². The third-order valence-electron chi connectivity index (χ3n) is 5.20. The maximum atomic E-state index is 2.37. The number of fused-ring (bicyclic) bond motifs is 3. The van der Waals surface area contributed by atoms with E-state index in [1.807, 2.05) is 0 Å². The molecule has 0 spiro atoms. The van der Waals surface area contributed by atoms with Crippen LogP contribution in [0.15, 0.2) is 97.1 Å². The van der Waals surface area contributed by atoms with Crippen molar-refractivity contribution >= 4 is 21.8 Å². The van der Waals surface area contributed by atoms with Gasteiger partial charge in [0.15, 0.2) is 0 Å². The maximum Gasteiger partial charge on any atom is 0.0544 e. The van der Waals surface area contributed by atoms with Crippen molar-refractivity contribution in [3.8, 4) is 16.8 Å². The molecule has 1 aromatic heterocycles. The van der Waals surface area contributed by atoms with Gasteiger partial charge in [0.05, 0.1) is 11.0 Å². The molecule has 26 heavy (non-hydrogen) atoms. The van der Waals surface area contributed by atoms with E-state index in [0.29, 0.717) is 0 Å². The van der Waals surface area contributed by atoms with Crippen LogP contribution >= 0.6 is 0 Å². The van der Waals surface area contributed by atoms with Gasteiger partial charge < -0.3 is 4.57 Å². The highest BCUT2D eigenvalue weighted by Gasteiger charge is 2.15. The first-order chi connectivity index (χ1) is 12.8. The standard InChI is InChI=1S/C25H19N/c1-18-21(19-10-4-2-5-11-19)16-17-24-25(18)22-14-8-9-15-23(22)26(24)20-12-6-3-7-13-20/h2-17H,1H3. The fourth-order valence-electron chi connectivity index (χ4n) is 4.02. The second kappa shape index (κ2) is 5.89. The van der Waals surface area contributed by atoms with E-state index in [4.69, 9.17) is 0 Å². The molecule has 124 valence electrons. The Kier molecular flexibility index (Phi) is 3.39. The first-order valence-corrected chi connectivity index (χ1v) is 8.98. The molecule has 0 aliphatic heterocycles. The van der Waals surface area contributed by atoms with E-state index < -0.39 is 0 Å². The quantitative estimate of drug-likeness (QED) is 0.336. The van der Waals surface area contributed by atoms with Crippen molar-refractivity contribution in [1.82, 2.24) is 4.57 Å². The van der Waals surface area contributed by atoms with E-state index in [1.54, 1.807) is 0 Å². The van der Waals surface area contributed by atoms with Crippen molar-refractivity contribution in [2.24, 2.45) is 0 Å². The van der Waals surface area contributed by atoms with Crippen LogP contribution < -0.4 is 0 Å². The van der Waals surface area contributed by atoms with Crippen LogP contribution in [0.3, 0.4) is 0 Å². The molecule has 0 aliphatic rings. The topological polar surface area (TPSA) is 4.93 Å². The molecule has 1 heteroatoms. The zero-order valence-electron chi connectivity index (χ0n) is 14.7. The second-order valence-corrected chi connectivity index (χ2v) is 6.69. The van der Waals surface area contributed by atoms with Gasteiger partial charge in [-0.05, 0) is 47.9 Å². The molecule has 0 amide bonds. The molecule has 0 aliphatic carbocycles. The lowest BCUT2D eigenvalue weighted by Gasteiger charge is -2.10. The largest absolute Gasteiger partial charge is 0.309 e. The van der Waals surface area contributed by atoms with Gasteiger partial charge in [0.2, 0.25) is 0 Å². The summed E-state index contributed by atoms with van der Waals surface area (Å²) >= 11 is 0. The summed E-state index contributed by atoms with van der Waals surface area (Å²) in [4.78, 5) is 0. The summed E-state index contributed by atoms with van der Waals surface area (Å²) in [6.45, 7) is 2.24. The third kappa shape index (κ3) is 2.18. The Hall–Kier alpha value is -3.32. The summed E-state index contributed by atoms with van der Waals surface area (Å²) in [6.07, 6.45) is 0. The summed E-state index contributed by atoms with van der Waals surface area (Å²) in [7, 11) is 0. The van der Waals surface area contributed by atoms with Gasteiger partial charge in [0.1, 0.15) is 0 Å². The van der Waals surface area contributed by atoms with E-state index in [1.165, 1.54) is 44.2 Å². The van der Waals surface area contributed by atoms with Gasteiger partial charge in [0.25, 0.3) is 0 Å². The molecule has 0 saturated heterocycles. The van der Waals surface area contributed by atoms with Crippen LogP contribution in [-0.2, 0) is 0 Å². The third-order valence-corrected chi connectivity index (χ3v) is 5.20. The number of aryl methyl sites for hydroxylation is 1. The van der Waals surface area contributed by atoms with Gasteiger partial charge in [-0.1, -0.05) is 72.8 Å². The molecule has 5 rings (SSSR count). The molecular weight excluding hydrogens is 314 g/mol. The number of aromatic nitrogens is 1. The van der Waals surface area contributed by atoms with Crippen LogP contribution in [0, 0.1) is 6.92 Å². The van der Waals surface area contributed by atoms with Crippen LogP contribution in [0.1, 0.15) is 5.56 Å². The molecule has 0 bridgehead atoms. The lowest BCUT2D eigenvalue weighted by molar-refractivity contribution is 1.18. The molecule has 1 nitrogen and oxygen atoms in total. The van der Waals surface area contributed by atoms with Crippen molar-refractivity contribution in [3.63, 3.8) is 0 Å². The minimum atomic E-state index is 1.20. The predicted molar refractivity (Wildman–Crippen MR) is 111 cm³/mol. The first-order valence-electron chi connectivity index (χ1n) is 8.98. The van der Waals surface area contributed by atoms with E-state index in [9.17, 15) is 0 Å². The molecule has 0 radical (unpaired) electrons. The number of benzene rings is 4. The molecule has 4 aromatic carbocycles. The smallest absolute Gasteiger partial charge is 0.0544 e. The Morgan fingerprint density at radius 3 is 2.00 bits per heavy atom. The fourth-order valence-corrected chi connectivity index (χ4v) is 4.02. The van der Waals surface area contributed by atoms with Gasteiger partial charge in [-0.3, -0.25) is 0 Å². The van der Waals surface area contributed by atoms with Gasteiger partial charge in [0, 0.05) is 16.5 Å². The summed E-state index contributed by atoms with van der Waals surface area (Å²) in [5.74, 6) is 0. The van der Waals surface area contributed by atoms with E-state index in [0.717, 1.165) is 0 Å². The SMILES string of the molecule is Cc1c(-c2ccccc2)ccc2c1c1ccccc1n2-c1ccccc1. The number of hydrogen-bond donors (Lipinski definition) is 0.